The van der Waals surface area contributed by atoms with Crippen molar-refractivity contribution in [3.05, 3.63) is 86.8 Å². The maximum Gasteiger partial charge on any atom is 0.263 e. The van der Waals surface area contributed by atoms with Gasteiger partial charge in [0.1, 0.15) is 4.83 Å². The topological polar surface area (TPSA) is 47.8 Å². The third kappa shape index (κ3) is 3.68. The molecule has 0 saturated heterocycles. The second kappa shape index (κ2) is 7.66. The summed E-state index contributed by atoms with van der Waals surface area (Å²) in [6.07, 6.45) is 3.62. The summed E-state index contributed by atoms with van der Waals surface area (Å²) in [5, 5.41) is 1.50. The van der Waals surface area contributed by atoms with Gasteiger partial charge < -0.3 is 0 Å². The fourth-order valence-electron chi connectivity index (χ4n) is 2.96. The molecule has 4 aromatic rings. The number of pyridine rings is 1. The van der Waals surface area contributed by atoms with Crippen molar-refractivity contribution < 1.29 is 0 Å². The molecule has 1 aromatic carbocycles. The van der Waals surface area contributed by atoms with Gasteiger partial charge in [0.25, 0.3) is 5.56 Å². The average Bonchev–Trinajstić information content (AvgIpc) is 2.98. The highest BCUT2D eigenvalue weighted by Gasteiger charge is 2.17. The van der Waals surface area contributed by atoms with Crippen LogP contribution in [0.4, 0.5) is 0 Å². The van der Waals surface area contributed by atoms with Gasteiger partial charge >= 0.3 is 0 Å². The van der Waals surface area contributed by atoms with E-state index in [2.05, 4.69) is 4.98 Å². The summed E-state index contributed by atoms with van der Waals surface area (Å²) < 4.78 is 1.80. The van der Waals surface area contributed by atoms with Crippen LogP contribution in [0.2, 0.25) is 0 Å². The number of rotatable bonds is 5. The van der Waals surface area contributed by atoms with Crippen LogP contribution in [0.3, 0.4) is 0 Å². The van der Waals surface area contributed by atoms with Crippen LogP contribution in [-0.4, -0.2) is 14.5 Å². The third-order valence-electron chi connectivity index (χ3n) is 4.53. The van der Waals surface area contributed by atoms with E-state index < -0.39 is 0 Å². The molecule has 0 unspecified atom stereocenters. The van der Waals surface area contributed by atoms with Gasteiger partial charge in [-0.25, -0.2) is 4.98 Å². The molecule has 136 valence electrons. The Hall–Kier alpha value is -2.44. The molecule has 0 atom stereocenters. The molecule has 4 nitrogen and oxygen atoms in total. The molecule has 0 aliphatic rings. The molecule has 0 N–H and O–H groups in total. The molecule has 0 aliphatic heterocycles. The zero-order chi connectivity index (χ0) is 18.8. The van der Waals surface area contributed by atoms with Gasteiger partial charge in [-0.15, -0.1) is 11.3 Å². The first-order chi connectivity index (χ1) is 13.1. The number of nitrogens with zero attached hydrogens (tertiary/aromatic N) is 3. The summed E-state index contributed by atoms with van der Waals surface area (Å²) in [4.78, 5) is 24.3. The number of aryl methyl sites for hydroxylation is 2. The van der Waals surface area contributed by atoms with Crippen LogP contribution in [-0.2, 0) is 12.3 Å². The van der Waals surface area contributed by atoms with Crippen LogP contribution in [0, 0.1) is 13.8 Å². The SMILES string of the molecule is Cc1sc2nc(SCc3cccnc3)n(Cc3ccccc3)c(=O)c2c1C. The van der Waals surface area contributed by atoms with Crippen molar-refractivity contribution in [2.75, 3.05) is 0 Å². The van der Waals surface area contributed by atoms with E-state index >= 15 is 0 Å². The van der Waals surface area contributed by atoms with Gasteiger partial charge in [-0.3, -0.25) is 14.3 Å². The number of thioether (sulfide) groups is 1. The second-order valence-corrected chi connectivity index (χ2v) is 8.53. The molecule has 0 radical (unpaired) electrons. The lowest BCUT2D eigenvalue weighted by Crippen LogP contribution is -2.23. The van der Waals surface area contributed by atoms with E-state index in [0.29, 0.717) is 6.54 Å². The van der Waals surface area contributed by atoms with Crippen molar-refractivity contribution in [2.45, 2.75) is 31.3 Å². The number of aromatic nitrogens is 3. The molecule has 0 spiro atoms. The molecule has 0 bridgehead atoms. The fraction of sp³-hybridized carbons (Fsp3) is 0.190. The zero-order valence-corrected chi connectivity index (χ0v) is 16.8. The predicted molar refractivity (Wildman–Crippen MR) is 113 cm³/mol. The van der Waals surface area contributed by atoms with Crippen molar-refractivity contribution in [3.63, 3.8) is 0 Å². The standard InChI is InChI=1S/C21H19N3OS2/c1-14-15(2)27-19-18(14)20(25)24(12-16-7-4-3-5-8-16)21(23-19)26-13-17-9-6-10-22-11-17/h3-11H,12-13H2,1-2H3. The molecule has 27 heavy (non-hydrogen) atoms. The summed E-state index contributed by atoms with van der Waals surface area (Å²) in [7, 11) is 0. The largest absolute Gasteiger partial charge is 0.283 e. The highest BCUT2D eigenvalue weighted by atomic mass is 32.2. The summed E-state index contributed by atoms with van der Waals surface area (Å²) in [6, 6.07) is 14.0. The molecule has 0 saturated carbocycles. The zero-order valence-electron chi connectivity index (χ0n) is 15.2. The molecule has 6 heteroatoms. The van der Waals surface area contributed by atoms with Gasteiger partial charge in [-0.05, 0) is 36.6 Å². The van der Waals surface area contributed by atoms with Crippen LogP contribution in [0.5, 0.6) is 0 Å². The number of thiophene rings is 1. The van der Waals surface area contributed by atoms with E-state index in [1.165, 1.54) is 0 Å². The lowest BCUT2D eigenvalue weighted by Gasteiger charge is -2.12. The summed E-state index contributed by atoms with van der Waals surface area (Å²) in [5.74, 6) is 0.726. The average molecular weight is 394 g/mol. The summed E-state index contributed by atoms with van der Waals surface area (Å²) in [5.41, 5.74) is 3.28. The van der Waals surface area contributed by atoms with Crippen molar-refractivity contribution in [2.24, 2.45) is 0 Å². The van der Waals surface area contributed by atoms with Crippen LogP contribution >= 0.6 is 23.1 Å². The normalized spacial score (nSPS) is 11.2. The molecule has 0 amide bonds. The van der Waals surface area contributed by atoms with E-state index in [9.17, 15) is 4.79 Å². The Morgan fingerprint density at radius 3 is 2.59 bits per heavy atom. The lowest BCUT2D eigenvalue weighted by atomic mass is 10.2. The smallest absolute Gasteiger partial charge is 0.263 e. The lowest BCUT2D eigenvalue weighted by molar-refractivity contribution is 0.659. The van der Waals surface area contributed by atoms with E-state index in [1.54, 1.807) is 33.9 Å². The Labute approximate surface area is 165 Å². The Bertz CT molecular complexity index is 1140. The number of benzene rings is 1. The minimum atomic E-state index is 0.0411. The van der Waals surface area contributed by atoms with E-state index in [0.717, 1.165) is 42.7 Å². The van der Waals surface area contributed by atoms with Gasteiger partial charge in [-0.1, -0.05) is 48.2 Å². The van der Waals surface area contributed by atoms with Crippen LogP contribution < -0.4 is 5.56 Å². The Morgan fingerprint density at radius 1 is 1.07 bits per heavy atom. The first kappa shape index (κ1) is 17.9. The third-order valence-corrected chi connectivity index (χ3v) is 6.68. The van der Waals surface area contributed by atoms with Crippen molar-refractivity contribution in [3.8, 4) is 0 Å². The minimum absolute atomic E-state index is 0.0411. The highest BCUT2D eigenvalue weighted by molar-refractivity contribution is 7.98. The van der Waals surface area contributed by atoms with Crippen molar-refractivity contribution >= 4 is 33.3 Å². The second-order valence-electron chi connectivity index (χ2n) is 6.38. The van der Waals surface area contributed by atoms with Crippen LogP contribution in [0.1, 0.15) is 21.6 Å². The van der Waals surface area contributed by atoms with Crippen molar-refractivity contribution in [1.29, 1.82) is 0 Å². The van der Waals surface area contributed by atoms with E-state index in [-0.39, 0.29) is 5.56 Å². The summed E-state index contributed by atoms with van der Waals surface area (Å²) in [6.45, 7) is 4.57. The predicted octanol–water partition coefficient (Wildman–Crippen LogP) is 4.81. The number of fused-ring (bicyclic) bond motifs is 1. The Kier molecular flexibility index (Phi) is 5.09. The quantitative estimate of drug-likeness (QED) is 0.361. The summed E-state index contributed by atoms with van der Waals surface area (Å²) >= 11 is 3.18. The van der Waals surface area contributed by atoms with Gasteiger partial charge in [0.05, 0.1) is 11.9 Å². The maximum atomic E-state index is 13.3. The monoisotopic (exact) mass is 393 g/mol. The molecule has 4 rings (SSSR count). The fourth-order valence-corrected chi connectivity index (χ4v) is 4.96. The van der Waals surface area contributed by atoms with Gasteiger partial charge in [0, 0.05) is 23.0 Å². The molecule has 0 aliphatic carbocycles. The maximum absolute atomic E-state index is 13.3. The Morgan fingerprint density at radius 2 is 1.85 bits per heavy atom. The van der Waals surface area contributed by atoms with Gasteiger partial charge in [0.2, 0.25) is 0 Å². The van der Waals surface area contributed by atoms with Crippen LogP contribution in [0.25, 0.3) is 10.2 Å². The molecule has 3 aromatic heterocycles. The Balaban J connectivity index is 1.79. The molecule has 3 heterocycles. The van der Waals surface area contributed by atoms with Crippen molar-refractivity contribution in [1.82, 2.24) is 14.5 Å². The van der Waals surface area contributed by atoms with Gasteiger partial charge in [0.15, 0.2) is 5.16 Å². The van der Waals surface area contributed by atoms with E-state index in [4.69, 9.17) is 4.98 Å². The molecular formula is C21H19N3OS2. The highest BCUT2D eigenvalue weighted by Crippen LogP contribution is 2.29. The van der Waals surface area contributed by atoms with E-state index in [1.807, 2.05) is 62.5 Å². The molecular weight excluding hydrogens is 374 g/mol. The van der Waals surface area contributed by atoms with Crippen LogP contribution in [0.15, 0.2) is 64.8 Å². The first-order valence-electron chi connectivity index (χ1n) is 8.69. The first-order valence-corrected chi connectivity index (χ1v) is 10.5. The minimum Gasteiger partial charge on any atom is -0.283 e. The van der Waals surface area contributed by atoms with Gasteiger partial charge in [-0.2, -0.15) is 0 Å². The molecule has 0 fully saturated rings. The number of hydrogen-bond acceptors (Lipinski definition) is 5. The number of hydrogen-bond donors (Lipinski definition) is 0.